The molecule has 1 aromatic rings. The summed E-state index contributed by atoms with van der Waals surface area (Å²) in [6.07, 6.45) is -0.901. The number of carbonyl (C=O) groups is 1. The van der Waals surface area contributed by atoms with E-state index in [-0.39, 0.29) is 16.6 Å². The molecule has 0 spiro atoms. The Kier molecular flexibility index (Phi) is 5.32. The first-order valence-electron chi connectivity index (χ1n) is 5.49. The van der Waals surface area contributed by atoms with E-state index in [0.717, 1.165) is 18.2 Å². The van der Waals surface area contributed by atoms with E-state index in [1.807, 2.05) is 5.43 Å². The molecule has 0 saturated carbocycles. The van der Waals surface area contributed by atoms with Gasteiger partial charge in [-0.2, -0.15) is 5.95 Å². The normalized spacial score (nSPS) is 9.73. The number of rotatable bonds is 7. The summed E-state index contributed by atoms with van der Waals surface area (Å²) in [4.78, 5) is 20.5. The maximum absolute atomic E-state index is 10.9. The summed E-state index contributed by atoms with van der Waals surface area (Å²) in [5.74, 6) is -3.25. The highest BCUT2D eigenvalue weighted by Gasteiger charge is 2.16. The first-order chi connectivity index (χ1) is 10.2. The third-order valence-corrected chi connectivity index (χ3v) is 2.33. The van der Waals surface area contributed by atoms with Gasteiger partial charge in [0.2, 0.25) is 0 Å². The third kappa shape index (κ3) is 4.39. The highest BCUT2D eigenvalue weighted by Crippen LogP contribution is 2.28. The molecule has 1 rings (SSSR count). The van der Waals surface area contributed by atoms with E-state index in [2.05, 4.69) is 5.43 Å². The molecule has 120 valence electrons. The number of nitrogens with one attached hydrogen (secondary N) is 2. The van der Waals surface area contributed by atoms with Crippen LogP contribution in [0.4, 0.5) is 17.1 Å². The molecular formula is C10H10N4O8-2. The predicted octanol–water partition coefficient (Wildman–Crippen LogP) is -1.54. The lowest BCUT2D eigenvalue weighted by molar-refractivity contribution is -0.515. The van der Waals surface area contributed by atoms with Crippen LogP contribution >= 0.6 is 0 Å². The number of carboxylic acid groups (broad SMARTS) is 1. The Morgan fingerprint density at radius 3 is 2.41 bits per heavy atom. The Hall–Kier alpha value is -3.25. The van der Waals surface area contributed by atoms with Crippen LogP contribution < -0.4 is 26.3 Å². The van der Waals surface area contributed by atoms with Gasteiger partial charge in [-0.05, 0) is 12.1 Å². The van der Waals surface area contributed by atoms with Crippen LogP contribution in [0.5, 0.6) is 0 Å². The van der Waals surface area contributed by atoms with Crippen LogP contribution in [0.15, 0.2) is 29.8 Å². The Morgan fingerprint density at radius 1 is 1.32 bits per heavy atom. The van der Waals surface area contributed by atoms with Gasteiger partial charge in [0, 0.05) is 11.8 Å². The van der Waals surface area contributed by atoms with Gasteiger partial charge in [-0.1, -0.05) is 0 Å². The number of nitro benzene ring substituents is 1. The van der Waals surface area contributed by atoms with Crippen molar-refractivity contribution in [2.45, 2.75) is 6.42 Å². The van der Waals surface area contributed by atoms with E-state index in [1.54, 1.807) is 0 Å². The second-order valence-electron chi connectivity index (χ2n) is 3.83. The molecular weight excluding hydrogens is 304 g/mol. The highest BCUT2D eigenvalue weighted by molar-refractivity contribution is 5.70. The van der Waals surface area contributed by atoms with E-state index in [9.17, 15) is 25.1 Å². The van der Waals surface area contributed by atoms with Crippen LogP contribution in [-0.4, -0.2) is 26.4 Å². The van der Waals surface area contributed by atoms with E-state index in [1.165, 1.54) is 0 Å². The van der Waals surface area contributed by atoms with Crippen LogP contribution in [0, 0.1) is 10.1 Å². The van der Waals surface area contributed by atoms with Crippen molar-refractivity contribution in [3.05, 3.63) is 40.0 Å². The molecule has 0 unspecified atom stereocenters. The molecule has 22 heavy (non-hydrogen) atoms. The molecule has 0 aliphatic rings. The van der Waals surface area contributed by atoms with Gasteiger partial charge in [-0.25, -0.2) is 0 Å². The Balaban J connectivity index is 3.00. The van der Waals surface area contributed by atoms with Gasteiger partial charge < -0.3 is 20.7 Å². The molecule has 0 aliphatic carbocycles. The monoisotopic (exact) mass is 314 g/mol. The number of benzene rings is 1. The average molecular weight is 314 g/mol. The van der Waals surface area contributed by atoms with Crippen molar-refractivity contribution in [1.29, 1.82) is 0 Å². The Morgan fingerprint density at radius 2 is 1.95 bits per heavy atom. The molecule has 12 heteroatoms. The van der Waals surface area contributed by atoms with Crippen molar-refractivity contribution in [2.75, 3.05) is 10.7 Å². The summed E-state index contributed by atoms with van der Waals surface area (Å²) in [6.45, 7) is 0. The van der Waals surface area contributed by atoms with Gasteiger partial charge in [-0.3, -0.25) is 30.7 Å². The maximum atomic E-state index is 10.9. The van der Waals surface area contributed by atoms with Gasteiger partial charge in [0.1, 0.15) is 11.4 Å². The zero-order chi connectivity index (χ0) is 16.9. The Bertz CT molecular complexity index is 611. The molecule has 5 N–H and O–H groups in total. The minimum absolute atomic E-state index is 0.236. The molecule has 0 amide bonds. The third-order valence-electron chi connectivity index (χ3n) is 2.33. The van der Waals surface area contributed by atoms with Crippen LogP contribution in [-0.2, 0) is 4.79 Å². The largest absolute Gasteiger partial charge is 0.883 e. The minimum Gasteiger partial charge on any atom is -0.883 e. The first-order valence-corrected chi connectivity index (χ1v) is 5.49. The number of hydrogen-bond acceptors (Lipinski definition) is 10. The summed E-state index contributed by atoms with van der Waals surface area (Å²) >= 11 is 0. The molecule has 0 aromatic heterocycles. The fourth-order valence-corrected chi connectivity index (χ4v) is 1.36. The van der Waals surface area contributed by atoms with Crippen molar-refractivity contribution in [2.24, 2.45) is 0 Å². The number of aliphatic carboxylic acids is 1. The summed E-state index contributed by atoms with van der Waals surface area (Å²) in [7, 11) is 0. The quantitative estimate of drug-likeness (QED) is 0.222. The van der Waals surface area contributed by atoms with Crippen LogP contribution in [0.25, 0.3) is 0 Å². The second kappa shape index (κ2) is 6.96. The minimum atomic E-state index is -1.80. The van der Waals surface area contributed by atoms with E-state index < -0.39 is 34.6 Å². The van der Waals surface area contributed by atoms with Crippen molar-refractivity contribution in [3.63, 3.8) is 0 Å². The zero-order valence-corrected chi connectivity index (χ0v) is 10.7. The maximum Gasteiger partial charge on any atom is 0.309 e. The van der Waals surface area contributed by atoms with Gasteiger partial charge in [0.25, 0.3) is 5.69 Å². The molecule has 0 radical (unpaired) electrons. The number of anilines is 2. The van der Waals surface area contributed by atoms with E-state index in [4.69, 9.17) is 15.5 Å². The van der Waals surface area contributed by atoms with Gasteiger partial charge in [0.05, 0.1) is 11.3 Å². The highest BCUT2D eigenvalue weighted by atomic mass is 16.8. The molecule has 0 fully saturated rings. The Labute approximate surface area is 122 Å². The lowest BCUT2D eigenvalue weighted by atomic mass is 10.2. The molecule has 0 aliphatic heterocycles. The summed E-state index contributed by atoms with van der Waals surface area (Å²) in [5.41, 5.74) is 2.22. The molecule has 0 heterocycles. The number of hydrazine groups is 1. The molecule has 0 bridgehead atoms. The SMILES string of the molecule is O=C(O)CC(NNc1ccc(N(O)O)cc1[N+](=O)[O-])=C([O-])[O-]. The van der Waals surface area contributed by atoms with Crippen molar-refractivity contribution >= 4 is 23.0 Å². The average Bonchev–Trinajstić information content (AvgIpc) is 2.42. The summed E-state index contributed by atoms with van der Waals surface area (Å²) in [5, 5.41) is 58.0. The number of carboxylic acids is 1. The topological polar surface area (TPSA) is 194 Å². The molecule has 12 nitrogen and oxygen atoms in total. The number of nitrogens with zero attached hydrogens (tertiary/aromatic N) is 2. The van der Waals surface area contributed by atoms with Crippen molar-refractivity contribution < 1.29 is 35.5 Å². The first kappa shape index (κ1) is 16.8. The van der Waals surface area contributed by atoms with Gasteiger partial charge >= 0.3 is 5.97 Å². The van der Waals surface area contributed by atoms with Crippen LogP contribution in [0.1, 0.15) is 6.42 Å². The fraction of sp³-hybridized carbons (Fsp3) is 0.100. The fourth-order valence-electron chi connectivity index (χ4n) is 1.36. The summed E-state index contributed by atoms with van der Waals surface area (Å²) < 4.78 is 0. The van der Waals surface area contributed by atoms with Gasteiger partial charge in [-0.15, -0.1) is 5.23 Å². The second-order valence-corrected chi connectivity index (χ2v) is 3.83. The van der Waals surface area contributed by atoms with E-state index in [0.29, 0.717) is 0 Å². The standard InChI is InChI=1S/C10H12N4O8/c15-9(16)4-7(10(17)18)12-11-6-2-1-5(13(19)20)3-8(6)14(21)22/h1-3,11-12,17-20H,4H2,(H,15,16)/p-2. The predicted molar refractivity (Wildman–Crippen MR) is 65.2 cm³/mol. The number of nitro groups is 1. The molecule has 0 saturated heterocycles. The van der Waals surface area contributed by atoms with Crippen LogP contribution in [0.2, 0.25) is 0 Å². The molecule has 0 atom stereocenters. The lowest BCUT2D eigenvalue weighted by Gasteiger charge is -2.24. The van der Waals surface area contributed by atoms with Crippen LogP contribution in [0.3, 0.4) is 0 Å². The smallest absolute Gasteiger partial charge is 0.309 e. The van der Waals surface area contributed by atoms with E-state index >= 15 is 0 Å². The van der Waals surface area contributed by atoms with Gasteiger partial charge in [0.15, 0.2) is 0 Å². The van der Waals surface area contributed by atoms with Crippen molar-refractivity contribution in [1.82, 2.24) is 5.43 Å². The number of hydrogen-bond donors (Lipinski definition) is 5. The van der Waals surface area contributed by atoms with Crippen molar-refractivity contribution in [3.8, 4) is 0 Å². The zero-order valence-electron chi connectivity index (χ0n) is 10.7. The molecule has 1 aromatic carbocycles. The lowest BCUT2D eigenvalue weighted by Crippen LogP contribution is -2.32. The summed E-state index contributed by atoms with van der Waals surface area (Å²) in [6, 6.07) is 2.92.